The zero-order valence-electron chi connectivity index (χ0n) is 19.4. The first-order valence-electron chi connectivity index (χ1n) is 10.7. The Morgan fingerprint density at radius 3 is 1.71 bits per heavy atom. The molecule has 1 amide bonds. The summed E-state index contributed by atoms with van der Waals surface area (Å²) < 4.78 is 5.28. The van der Waals surface area contributed by atoms with Crippen LogP contribution in [-0.4, -0.2) is 36.9 Å². The molecule has 5 nitrogen and oxygen atoms in total. The third-order valence-corrected chi connectivity index (χ3v) is 11.8. The van der Waals surface area contributed by atoms with Gasteiger partial charge in [-0.25, -0.2) is 9.59 Å². The minimum atomic E-state index is -2.41. The second-order valence-electron chi connectivity index (χ2n) is 9.96. The average Bonchev–Trinajstić information content (AvgIpc) is 2.66. The highest BCUT2D eigenvalue weighted by atomic mass is 28.3. The van der Waals surface area contributed by atoms with E-state index in [0.717, 1.165) is 0 Å². The fourth-order valence-electron chi connectivity index (χ4n) is 4.21. The van der Waals surface area contributed by atoms with Crippen molar-refractivity contribution < 1.29 is 19.4 Å². The van der Waals surface area contributed by atoms with Crippen molar-refractivity contribution in [2.24, 2.45) is 0 Å². The number of carbonyl (C=O) groups is 2. The lowest BCUT2D eigenvalue weighted by atomic mass is 10.2. The average molecular weight is 442 g/mol. The maximum atomic E-state index is 12.2. The molecule has 0 saturated carbocycles. The Hall–Kier alpha value is -2.60. The third-order valence-electron chi connectivity index (χ3n) is 5.61. The van der Waals surface area contributed by atoms with Gasteiger partial charge in [0, 0.05) is 0 Å². The number of rotatable bonds is 7. The molecule has 0 aliphatic carbocycles. The maximum Gasteiger partial charge on any atom is 0.408 e. The van der Waals surface area contributed by atoms with Gasteiger partial charge in [-0.1, -0.05) is 91.8 Å². The Labute approximate surface area is 186 Å². The topological polar surface area (TPSA) is 75.6 Å². The van der Waals surface area contributed by atoms with E-state index in [1.54, 1.807) is 20.8 Å². The Bertz CT molecular complexity index is 830. The highest BCUT2D eigenvalue weighted by Crippen LogP contribution is 2.39. The van der Waals surface area contributed by atoms with Crippen LogP contribution in [0.5, 0.6) is 0 Å². The van der Waals surface area contributed by atoms with Crippen LogP contribution in [-0.2, 0) is 9.53 Å². The van der Waals surface area contributed by atoms with Gasteiger partial charge in [-0.15, -0.1) is 0 Å². The van der Waals surface area contributed by atoms with Gasteiger partial charge in [0.05, 0.1) is 0 Å². The number of alkyl carbamates (subject to hydrolysis) is 1. The van der Waals surface area contributed by atoms with Crippen molar-refractivity contribution in [1.82, 2.24) is 5.32 Å². The number of hydrogen-bond acceptors (Lipinski definition) is 3. The van der Waals surface area contributed by atoms with Crippen molar-refractivity contribution in [3.8, 4) is 0 Å². The van der Waals surface area contributed by atoms with Crippen molar-refractivity contribution in [2.45, 2.75) is 70.7 Å². The molecule has 2 aromatic carbocycles. The Balaban J connectivity index is 2.43. The largest absolute Gasteiger partial charge is 0.480 e. The fourth-order valence-corrected chi connectivity index (χ4v) is 9.85. The molecule has 1 atom stereocenters. The highest BCUT2D eigenvalue weighted by molar-refractivity contribution is 7.04. The van der Waals surface area contributed by atoms with E-state index in [0.29, 0.717) is 12.5 Å². The molecule has 2 N–H and O–H groups in total. The van der Waals surface area contributed by atoms with E-state index in [-0.39, 0.29) is 5.04 Å². The van der Waals surface area contributed by atoms with Gasteiger partial charge in [0.25, 0.3) is 0 Å². The molecular formula is C25H35NO4Si. The second-order valence-corrected chi connectivity index (χ2v) is 14.9. The van der Waals surface area contributed by atoms with E-state index in [1.807, 2.05) is 36.4 Å². The monoisotopic (exact) mass is 441 g/mol. The zero-order chi connectivity index (χ0) is 23.3. The van der Waals surface area contributed by atoms with Gasteiger partial charge in [0.1, 0.15) is 19.7 Å². The number of ether oxygens (including phenoxy) is 1. The second kappa shape index (κ2) is 9.69. The molecule has 2 rings (SSSR count). The van der Waals surface area contributed by atoms with Crippen molar-refractivity contribution >= 4 is 30.5 Å². The quantitative estimate of drug-likeness (QED) is 0.624. The molecule has 0 aliphatic rings. The number of carboxylic acid groups (broad SMARTS) is 1. The van der Waals surface area contributed by atoms with E-state index in [4.69, 9.17) is 4.74 Å². The van der Waals surface area contributed by atoms with Crippen LogP contribution in [0.25, 0.3) is 0 Å². The zero-order valence-corrected chi connectivity index (χ0v) is 20.4. The maximum absolute atomic E-state index is 12.2. The van der Waals surface area contributed by atoms with E-state index in [1.165, 1.54) is 10.4 Å². The lowest BCUT2D eigenvalue weighted by Crippen LogP contribution is -2.64. The van der Waals surface area contributed by atoms with Gasteiger partial charge in [-0.05, 0) is 38.3 Å². The van der Waals surface area contributed by atoms with Crippen molar-refractivity contribution in [1.29, 1.82) is 0 Å². The molecule has 0 aromatic heterocycles. The summed E-state index contributed by atoms with van der Waals surface area (Å²) in [6.07, 6.45) is -0.385. The standard InChI is InChI=1S/C25H35NO4Si/c1-24(2,3)30-23(29)26-21(22(27)28)17-18-31(25(4,5)6,19-13-9-7-10-14-19)20-15-11-8-12-16-20/h7-16,21H,17-18H2,1-6H3,(H,26,29)(H,27,28)/t21-/m1/s1. The first kappa shape index (κ1) is 24.7. The molecule has 0 bridgehead atoms. The highest BCUT2D eigenvalue weighted by Gasteiger charge is 2.47. The van der Waals surface area contributed by atoms with Gasteiger partial charge >= 0.3 is 12.1 Å². The first-order valence-corrected chi connectivity index (χ1v) is 12.9. The molecule has 0 aliphatic heterocycles. The third kappa shape index (κ3) is 6.20. The van der Waals surface area contributed by atoms with Gasteiger partial charge in [0.15, 0.2) is 0 Å². The summed E-state index contributed by atoms with van der Waals surface area (Å²) in [6.45, 7) is 12.0. The summed E-state index contributed by atoms with van der Waals surface area (Å²) in [6, 6.07) is 20.4. The smallest absolute Gasteiger partial charge is 0.408 e. The van der Waals surface area contributed by atoms with Gasteiger partial charge in [-0.3, -0.25) is 0 Å². The molecule has 0 saturated heterocycles. The number of aliphatic carboxylic acids is 1. The van der Waals surface area contributed by atoms with E-state index in [9.17, 15) is 14.7 Å². The van der Waals surface area contributed by atoms with Crippen molar-refractivity contribution in [3.05, 3.63) is 60.7 Å². The normalized spacial score (nSPS) is 13.4. The summed E-state index contributed by atoms with van der Waals surface area (Å²) in [4.78, 5) is 24.2. The van der Waals surface area contributed by atoms with Crippen LogP contribution in [0.3, 0.4) is 0 Å². The van der Waals surface area contributed by atoms with Crippen LogP contribution < -0.4 is 15.7 Å². The number of carbonyl (C=O) groups excluding carboxylic acids is 1. The van der Waals surface area contributed by atoms with E-state index in [2.05, 4.69) is 50.4 Å². The number of nitrogens with one attached hydrogen (secondary N) is 1. The lowest BCUT2D eigenvalue weighted by Gasteiger charge is -2.44. The molecule has 0 radical (unpaired) electrons. The molecule has 2 aromatic rings. The number of benzene rings is 2. The van der Waals surface area contributed by atoms with Gasteiger partial charge < -0.3 is 15.2 Å². The van der Waals surface area contributed by atoms with Crippen LogP contribution in [0.1, 0.15) is 48.0 Å². The van der Waals surface area contributed by atoms with Crippen molar-refractivity contribution in [3.63, 3.8) is 0 Å². The summed E-state index contributed by atoms with van der Waals surface area (Å²) in [5.41, 5.74) is -0.689. The van der Waals surface area contributed by atoms with Crippen LogP contribution in [0.15, 0.2) is 60.7 Å². The van der Waals surface area contributed by atoms with Crippen LogP contribution in [0.4, 0.5) is 4.79 Å². The number of amides is 1. The summed E-state index contributed by atoms with van der Waals surface area (Å²) in [7, 11) is -2.41. The van der Waals surface area contributed by atoms with Crippen LogP contribution in [0, 0.1) is 0 Å². The molecule has 0 heterocycles. The SMILES string of the molecule is CC(C)(C)OC(=O)N[C@H](CC[Si](c1ccccc1)(c1ccccc1)C(C)(C)C)C(=O)O. The summed E-state index contributed by atoms with van der Waals surface area (Å²) in [5, 5.41) is 14.8. The van der Waals surface area contributed by atoms with Gasteiger partial charge in [-0.2, -0.15) is 0 Å². The Morgan fingerprint density at radius 1 is 0.903 bits per heavy atom. The molecule has 6 heteroatoms. The molecule has 31 heavy (non-hydrogen) atoms. The van der Waals surface area contributed by atoms with E-state index >= 15 is 0 Å². The molecule has 168 valence electrons. The first-order chi connectivity index (χ1) is 14.4. The lowest BCUT2D eigenvalue weighted by molar-refractivity contribution is -0.139. The molecule has 0 unspecified atom stereocenters. The number of carboxylic acids is 1. The number of hydrogen-bond donors (Lipinski definition) is 2. The van der Waals surface area contributed by atoms with Crippen LogP contribution in [0.2, 0.25) is 11.1 Å². The van der Waals surface area contributed by atoms with Crippen LogP contribution >= 0.6 is 0 Å². The summed E-state index contributed by atoms with van der Waals surface area (Å²) >= 11 is 0. The minimum absolute atomic E-state index is 0.0787. The molecule has 0 spiro atoms. The van der Waals surface area contributed by atoms with Crippen molar-refractivity contribution in [2.75, 3.05) is 0 Å². The van der Waals surface area contributed by atoms with Gasteiger partial charge in [0.2, 0.25) is 0 Å². The van der Waals surface area contributed by atoms with E-state index < -0.39 is 31.8 Å². The molecular weight excluding hydrogens is 406 g/mol. The fraction of sp³-hybridized carbons (Fsp3) is 0.440. The Kier molecular flexibility index (Phi) is 7.71. The predicted molar refractivity (Wildman–Crippen MR) is 128 cm³/mol. The minimum Gasteiger partial charge on any atom is -0.480 e. The predicted octanol–water partition coefficient (Wildman–Crippen LogP) is 4.42. The Morgan fingerprint density at radius 2 is 1.35 bits per heavy atom. The molecule has 0 fully saturated rings. The summed E-state index contributed by atoms with van der Waals surface area (Å²) in [5.74, 6) is -1.05.